The van der Waals surface area contributed by atoms with E-state index in [1.807, 2.05) is 18.2 Å². The van der Waals surface area contributed by atoms with Crippen LogP contribution >= 0.6 is 23.4 Å². The highest BCUT2D eigenvalue weighted by molar-refractivity contribution is 7.98. The molecule has 0 atom stereocenters. The number of nitrogens with zero attached hydrogens (tertiary/aromatic N) is 1. The Morgan fingerprint density at radius 2 is 1.79 bits per heavy atom. The molecule has 0 unspecified atom stereocenters. The molecule has 0 heterocycles. The second kappa shape index (κ2) is 8.48. The van der Waals surface area contributed by atoms with E-state index < -0.39 is 20.6 Å². The van der Waals surface area contributed by atoms with Crippen molar-refractivity contribution in [2.75, 3.05) is 12.3 Å². The van der Waals surface area contributed by atoms with Crippen LogP contribution < -0.4 is 4.72 Å². The number of nitro groups is 1. The number of hydrogen-bond donors (Lipinski definition) is 1. The Morgan fingerprint density at radius 1 is 1.12 bits per heavy atom. The van der Waals surface area contributed by atoms with Crippen LogP contribution in [0, 0.1) is 10.1 Å². The molecule has 0 fully saturated rings. The molecule has 128 valence electrons. The van der Waals surface area contributed by atoms with Gasteiger partial charge in [-0.1, -0.05) is 41.9 Å². The minimum absolute atomic E-state index is 0.170. The number of nitro benzene ring substituents is 1. The monoisotopic (exact) mass is 386 g/mol. The summed E-state index contributed by atoms with van der Waals surface area (Å²) >= 11 is 7.57. The number of sulfonamides is 1. The fourth-order valence-electron chi connectivity index (χ4n) is 1.96. The van der Waals surface area contributed by atoms with Crippen molar-refractivity contribution in [2.45, 2.75) is 10.6 Å². The Bertz CT molecular complexity index is 828. The minimum atomic E-state index is -3.92. The van der Waals surface area contributed by atoms with Crippen LogP contribution in [0.3, 0.4) is 0 Å². The van der Waals surface area contributed by atoms with Gasteiger partial charge < -0.3 is 0 Å². The van der Waals surface area contributed by atoms with Gasteiger partial charge in [0.2, 0.25) is 10.0 Å². The molecule has 0 aromatic heterocycles. The zero-order chi connectivity index (χ0) is 17.6. The first kappa shape index (κ1) is 18.7. The third kappa shape index (κ3) is 4.94. The average molecular weight is 387 g/mol. The Labute approximate surface area is 149 Å². The summed E-state index contributed by atoms with van der Waals surface area (Å²) in [5.74, 6) is 1.18. The highest BCUT2D eigenvalue weighted by atomic mass is 35.5. The van der Waals surface area contributed by atoms with Crippen molar-refractivity contribution in [3.63, 3.8) is 0 Å². The quantitative estimate of drug-likeness (QED) is 0.426. The van der Waals surface area contributed by atoms with Gasteiger partial charge in [0.15, 0.2) is 4.90 Å². The summed E-state index contributed by atoms with van der Waals surface area (Å²) < 4.78 is 26.8. The van der Waals surface area contributed by atoms with Gasteiger partial charge in [-0.05, 0) is 17.7 Å². The van der Waals surface area contributed by atoms with Crippen LogP contribution in [0.5, 0.6) is 0 Å². The fraction of sp³-hybridized carbons (Fsp3) is 0.200. The van der Waals surface area contributed by atoms with E-state index >= 15 is 0 Å². The Hall–Kier alpha value is -1.61. The van der Waals surface area contributed by atoms with Crippen molar-refractivity contribution in [1.82, 2.24) is 4.72 Å². The maximum absolute atomic E-state index is 12.2. The number of rotatable bonds is 8. The molecule has 0 radical (unpaired) electrons. The molecule has 24 heavy (non-hydrogen) atoms. The zero-order valence-corrected chi connectivity index (χ0v) is 14.9. The molecule has 0 aliphatic carbocycles. The Balaban J connectivity index is 1.90. The van der Waals surface area contributed by atoms with E-state index in [-0.39, 0.29) is 11.4 Å². The molecule has 2 aromatic carbocycles. The van der Waals surface area contributed by atoms with Gasteiger partial charge in [-0.3, -0.25) is 10.1 Å². The lowest BCUT2D eigenvalue weighted by Crippen LogP contribution is -2.26. The largest absolute Gasteiger partial charge is 0.289 e. The second-order valence-electron chi connectivity index (χ2n) is 4.77. The first-order valence-electron chi connectivity index (χ1n) is 6.96. The molecule has 1 N–H and O–H groups in total. The van der Waals surface area contributed by atoms with Gasteiger partial charge in [-0.2, -0.15) is 11.8 Å². The van der Waals surface area contributed by atoms with E-state index in [4.69, 9.17) is 11.6 Å². The number of halogens is 1. The van der Waals surface area contributed by atoms with Crippen molar-refractivity contribution in [3.05, 3.63) is 69.2 Å². The molecular weight excluding hydrogens is 372 g/mol. The lowest BCUT2D eigenvalue weighted by molar-refractivity contribution is -0.387. The summed E-state index contributed by atoms with van der Waals surface area (Å²) in [7, 11) is -3.92. The predicted molar refractivity (Wildman–Crippen MR) is 95.9 cm³/mol. The highest BCUT2D eigenvalue weighted by Crippen LogP contribution is 2.23. The van der Waals surface area contributed by atoms with Crippen LogP contribution in [0.4, 0.5) is 5.69 Å². The van der Waals surface area contributed by atoms with Crippen molar-refractivity contribution in [1.29, 1.82) is 0 Å². The van der Waals surface area contributed by atoms with E-state index in [1.165, 1.54) is 36.0 Å². The summed E-state index contributed by atoms with van der Waals surface area (Å²) in [5, 5.41) is 11.6. The molecule has 0 aliphatic rings. The van der Waals surface area contributed by atoms with Crippen LogP contribution in [0.2, 0.25) is 5.02 Å². The maximum Gasteiger partial charge on any atom is 0.289 e. The summed E-state index contributed by atoms with van der Waals surface area (Å²) in [5.41, 5.74) is 0.541. The first-order valence-corrected chi connectivity index (χ1v) is 9.97. The van der Waals surface area contributed by atoms with Crippen molar-refractivity contribution >= 4 is 39.1 Å². The average Bonchev–Trinajstić information content (AvgIpc) is 2.56. The zero-order valence-electron chi connectivity index (χ0n) is 12.5. The molecule has 0 saturated heterocycles. The predicted octanol–water partition coefficient (Wildman–Crippen LogP) is 3.46. The normalized spacial score (nSPS) is 11.4. The van der Waals surface area contributed by atoms with Gasteiger partial charge in [0.05, 0.1) is 4.92 Å². The molecule has 0 bridgehead atoms. The molecule has 9 heteroatoms. The second-order valence-corrected chi connectivity index (χ2v) is 8.01. The van der Waals surface area contributed by atoms with Gasteiger partial charge in [-0.15, -0.1) is 0 Å². The minimum Gasteiger partial charge on any atom is -0.258 e. The number of benzene rings is 2. The standard InChI is InChI=1S/C15H15ClN2O4S2/c16-13-6-2-1-5-12(13)11-23-10-9-17-24(21,22)15-8-4-3-7-14(15)18(19)20/h1-8,17H,9-11H2. The number of para-hydroxylation sites is 1. The van der Waals surface area contributed by atoms with Gasteiger partial charge in [0.1, 0.15) is 0 Å². The summed E-state index contributed by atoms with van der Waals surface area (Å²) in [6, 6.07) is 12.7. The van der Waals surface area contributed by atoms with E-state index in [0.717, 1.165) is 5.56 Å². The molecule has 2 aromatic rings. The lowest BCUT2D eigenvalue weighted by Gasteiger charge is -2.07. The smallest absolute Gasteiger partial charge is 0.258 e. The topological polar surface area (TPSA) is 89.3 Å². The van der Waals surface area contributed by atoms with Crippen LogP contribution in [0.15, 0.2) is 53.4 Å². The maximum atomic E-state index is 12.2. The van der Waals surface area contributed by atoms with Gasteiger partial charge in [0.25, 0.3) is 5.69 Å². The first-order chi connectivity index (χ1) is 11.4. The van der Waals surface area contributed by atoms with E-state index in [1.54, 1.807) is 6.07 Å². The van der Waals surface area contributed by atoms with E-state index in [2.05, 4.69) is 4.72 Å². The summed E-state index contributed by atoms with van der Waals surface area (Å²) in [6.07, 6.45) is 0. The number of thioether (sulfide) groups is 1. The highest BCUT2D eigenvalue weighted by Gasteiger charge is 2.24. The molecule has 2 rings (SSSR count). The van der Waals surface area contributed by atoms with Gasteiger partial charge >= 0.3 is 0 Å². The Kier molecular flexibility index (Phi) is 6.61. The molecular formula is C15H15ClN2O4S2. The third-order valence-corrected chi connectivity index (χ3v) is 5.99. The van der Waals surface area contributed by atoms with Crippen molar-refractivity contribution in [3.8, 4) is 0 Å². The molecule has 0 spiro atoms. The Morgan fingerprint density at radius 3 is 2.50 bits per heavy atom. The molecule has 0 amide bonds. The van der Waals surface area contributed by atoms with E-state index in [0.29, 0.717) is 16.5 Å². The SMILES string of the molecule is O=[N+]([O-])c1ccccc1S(=O)(=O)NCCSCc1ccccc1Cl. The molecule has 0 aliphatic heterocycles. The van der Waals surface area contributed by atoms with Crippen molar-refractivity contribution < 1.29 is 13.3 Å². The van der Waals surface area contributed by atoms with Gasteiger partial charge in [0, 0.05) is 29.1 Å². The number of hydrogen-bond acceptors (Lipinski definition) is 5. The lowest BCUT2D eigenvalue weighted by atomic mass is 10.2. The van der Waals surface area contributed by atoms with Gasteiger partial charge in [-0.25, -0.2) is 13.1 Å². The van der Waals surface area contributed by atoms with Crippen LogP contribution in [0.1, 0.15) is 5.56 Å². The van der Waals surface area contributed by atoms with Crippen LogP contribution in [-0.4, -0.2) is 25.6 Å². The fourth-order valence-corrected chi connectivity index (χ4v) is 4.43. The van der Waals surface area contributed by atoms with Crippen LogP contribution in [-0.2, 0) is 15.8 Å². The molecule has 6 nitrogen and oxygen atoms in total. The summed E-state index contributed by atoms with van der Waals surface area (Å²) in [4.78, 5) is 9.89. The summed E-state index contributed by atoms with van der Waals surface area (Å²) in [6.45, 7) is 0.170. The number of nitrogens with one attached hydrogen (secondary N) is 1. The van der Waals surface area contributed by atoms with E-state index in [9.17, 15) is 18.5 Å². The molecule has 0 saturated carbocycles. The third-order valence-electron chi connectivity index (χ3n) is 3.11. The van der Waals surface area contributed by atoms with Crippen LogP contribution in [0.25, 0.3) is 0 Å². The van der Waals surface area contributed by atoms with Crippen molar-refractivity contribution in [2.24, 2.45) is 0 Å².